The van der Waals surface area contributed by atoms with Crippen LogP contribution in [0.4, 0.5) is 0 Å². The van der Waals surface area contributed by atoms with Gasteiger partial charge in [0.25, 0.3) is 7.82 Å². The zero-order valence-electron chi connectivity index (χ0n) is 53.9. The summed E-state index contributed by atoms with van der Waals surface area (Å²) in [5, 5.41) is 0. The van der Waals surface area contributed by atoms with Crippen LogP contribution in [-0.2, 0) is 32.7 Å². The van der Waals surface area contributed by atoms with Crippen LogP contribution < -0.4 is 4.89 Å². The first-order valence-corrected chi connectivity index (χ1v) is 36.7. The highest BCUT2D eigenvalue weighted by Gasteiger charge is 2.22. The largest absolute Gasteiger partial charge is 0.756 e. The van der Waals surface area contributed by atoms with Gasteiger partial charge < -0.3 is 27.9 Å². The minimum atomic E-state index is -4.63. The van der Waals surface area contributed by atoms with Crippen molar-refractivity contribution in [2.75, 3.05) is 47.5 Å². The highest BCUT2D eigenvalue weighted by Crippen LogP contribution is 2.38. The highest BCUT2D eigenvalue weighted by atomic mass is 31.2. The van der Waals surface area contributed by atoms with Gasteiger partial charge in [-0.15, -0.1) is 0 Å². The number of likely N-dealkylation sites (N-methyl/N-ethyl adjacent to an activating group) is 1. The van der Waals surface area contributed by atoms with E-state index >= 15 is 0 Å². The van der Waals surface area contributed by atoms with E-state index in [1.165, 1.54) is 315 Å². The van der Waals surface area contributed by atoms with Crippen molar-refractivity contribution >= 4 is 19.8 Å². The molecule has 0 aromatic carbocycles. The lowest BCUT2D eigenvalue weighted by atomic mass is 10.0. The lowest BCUT2D eigenvalue weighted by molar-refractivity contribution is -0.870. The van der Waals surface area contributed by atoms with E-state index < -0.39 is 26.5 Å². The van der Waals surface area contributed by atoms with E-state index in [1.54, 1.807) is 0 Å². The Morgan fingerprint density at radius 1 is 0.342 bits per heavy atom. The van der Waals surface area contributed by atoms with Crippen LogP contribution in [0.3, 0.4) is 0 Å². The number of carbonyl (C=O) groups is 2. The van der Waals surface area contributed by atoms with Crippen LogP contribution in [0.25, 0.3) is 0 Å². The molecule has 0 aromatic rings. The van der Waals surface area contributed by atoms with Gasteiger partial charge in [0, 0.05) is 12.8 Å². The number of rotatable bonds is 67. The Labute approximate surface area is 493 Å². The second kappa shape index (κ2) is 61.6. The Morgan fingerprint density at radius 3 is 0.810 bits per heavy atom. The van der Waals surface area contributed by atoms with E-state index in [-0.39, 0.29) is 32.0 Å². The molecule has 0 spiro atoms. The van der Waals surface area contributed by atoms with Crippen molar-refractivity contribution in [2.45, 2.75) is 386 Å². The molecule has 0 radical (unpaired) electrons. The zero-order valence-corrected chi connectivity index (χ0v) is 54.8. The van der Waals surface area contributed by atoms with Crippen molar-refractivity contribution in [3.8, 4) is 0 Å². The highest BCUT2D eigenvalue weighted by molar-refractivity contribution is 7.45. The number of phosphoric acid groups is 1. The second-order valence-corrected chi connectivity index (χ2v) is 27.0. The third-order valence-corrected chi connectivity index (χ3v) is 17.3. The average Bonchev–Trinajstić information content (AvgIpc) is 3.41. The van der Waals surface area contributed by atoms with Crippen LogP contribution in [-0.4, -0.2) is 70.0 Å². The smallest absolute Gasteiger partial charge is 0.306 e. The summed E-state index contributed by atoms with van der Waals surface area (Å²) >= 11 is 0. The molecule has 0 heterocycles. The summed E-state index contributed by atoms with van der Waals surface area (Å²) in [6, 6.07) is 0. The fourth-order valence-corrected chi connectivity index (χ4v) is 11.7. The van der Waals surface area contributed by atoms with Crippen molar-refractivity contribution in [1.29, 1.82) is 0 Å². The Bertz CT molecular complexity index is 1290. The summed E-state index contributed by atoms with van der Waals surface area (Å²) in [6.45, 7) is 4.34. The molecule has 2 unspecified atom stereocenters. The first-order chi connectivity index (χ1) is 38.5. The standard InChI is InChI=1S/C69H138NO8P/c1-6-8-10-12-14-16-18-20-22-24-26-28-30-32-34-36-38-40-42-44-46-48-50-52-54-56-58-60-62-69(72)78-67(66-77-79(73,74)76-64-63-70(3,4)5)65-75-68(71)61-59-57-55-53-51-49-47-45-43-41-39-37-35-33-31-29-27-25-23-21-19-17-15-13-11-9-7-2/h67H,6-66H2,1-5H3. The van der Waals surface area contributed by atoms with Crippen LogP contribution in [0, 0.1) is 0 Å². The number of ether oxygens (including phenoxy) is 2. The Hall–Kier alpha value is -0.990. The van der Waals surface area contributed by atoms with E-state index in [9.17, 15) is 19.0 Å². The van der Waals surface area contributed by atoms with Crippen LogP contribution in [0.15, 0.2) is 0 Å². The topological polar surface area (TPSA) is 111 Å². The van der Waals surface area contributed by atoms with Gasteiger partial charge in [-0.3, -0.25) is 14.2 Å². The van der Waals surface area contributed by atoms with Gasteiger partial charge in [-0.2, -0.15) is 0 Å². The molecule has 0 aliphatic rings. The van der Waals surface area contributed by atoms with E-state index in [0.29, 0.717) is 17.4 Å². The molecule has 0 fully saturated rings. The predicted molar refractivity (Wildman–Crippen MR) is 338 cm³/mol. The maximum absolute atomic E-state index is 12.9. The van der Waals surface area contributed by atoms with E-state index in [1.807, 2.05) is 21.1 Å². The van der Waals surface area contributed by atoms with Gasteiger partial charge in [0.05, 0.1) is 27.7 Å². The first kappa shape index (κ1) is 78.0. The SMILES string of the molecule is CCCCCCCCCCCCCCCCCCCCCCCCCCCCCCC(=O)OC(COC(=O)CCCCCCCCCCCCCCCCCCCCCCCCCCCCC)COP(=O)([O-])OCC[N+](C)(C)C. The molecule has 79 heavy (non-hydrogen) atoms. The van der Waals surface area contributed by atoms with Gasteiger partial charge in [0.2, 0.25) is 0 Å². The fraction of sp³-hybridized carbons (Fsp3) is 0.971. The van der Waals surface area contributed by atoms with Gasteiger partial charge in [-0.05, 0) is 12.8 Å². The normalized spacial score (nSPS) is 13.0. The van der Waals surface area contributed by atoms with Crippen LogP contribution >= 0.6 is 7.82 Å². The van der Waals surface area contributed by atoms with Crippen LogP contribution in [0.1, 0.15) is 380 Å². The summed E-state index contributed by atoms with van der Waals surface area (Å²) in [7, 11) is 1.20. The van der Waals surface area contributed by atoms with Crippen molar-refractivity contribution < 1.29 is 42.1 Å². The molecule has 0 N–H and O–H groups in total. The van der Waals surface area contributed by atoms with Gasteiger partial charge in [0.1, 0.15) is 19.8 Å². The number of quaternary nitrogens is 1. The van der Waals surface area contributed by atoms with Crippen molar-refractivity contribution in [1.82, 2.24) is 0 Å². The minimum Gasteiger partial charge on any atom is -0.756 e. The molecule has 0 saturated carbocycles. The van der Waals surface area contributed by atoms with E-state index in [4.69, 9.17) is 18.5 Å². The number of carbonyl (C=O) groups excluding carboxylic acids is 2. The number of phosphoric ester groups is 1. The summed E-state index contributed by atoms with van der Waals surface area (Å²) in [5.74, 6) is -0.803. The maximum Gasteiger partial charge on any atom is 0.306 e. The second-order valence-electron chi connectivity index (χ2n) is 25.6. The molecule has 0 aromatic heterocycles. The molecule has 0 aliphatic carbocycles. The number of nitrogens with zero attached hydrogens (tertiary/aromatic N) is 1. The van der Waals surface area contributed by atoms with Crippen molar-refractivity contribution in [3.63, 3.8) is 0 Å². The lowest BCUT2D eigenvalue weighted by Crippen LogP contribution is -2.37. The average molecular weight is 1140 g/mol. The third kappa shape index (κ3) is 66.0. The maximum atomic E-state index is 12.9. The first-order valence-electron chi connectivity index (χ1n) is 35.2. The van der Waals surface area contributed by atoms with E-state index in [2.05, 4.69) is 13.8 Å². The molecule has 0 amide bonds. The van der Waals surface area contributed by atoms with Crippen LogP contribution in [0.5, 0.6) is 0 Å². The summed E-state index contributed by atoms with van der Waals surface area (Å²) in [6.07, 6.45) is 73.4. The zero-order chi connectivity index (χ0) is 57.7. The summed E-state index contributed by atoms with van der Waals surface area (Å²) < 4.78 is 34.3. The molecular weight excluding hydrogens is 1000 g/mol. The van der Waals surface area contributed by atoms with E-state index in [0.717, 1.165) is 32.1 Å². The molecule has 10 heteroatoms. The Balaban J connectivity index is 3.97. The lowest BCUT2D eigenvalue weighted by Gasteiger charge is -2.28. The number of esters is 2. The fourth-order valence-electron chi connectivity index (χ4n) is 11.0. The quantitative estimate of drug-likeness (QED) is 0.0256. The monoisotopic (exact) mass is 1140 g/mol. The molecule has 2 atom stereocenters. The van der Waals surface area contributed by atoms with Crippen molar-refractivity contribution in [3.05, 3.63) is 0 Å². The third-order valence-electron chi connectivity index (χ3n) is 16.4. The van der Waals surface area contributed by atoms with Gasteiger partial charge in [-0.25, -0.2) is 0 Å². The van der Waals surface area contributed by atoms with Crippen molar-refractivity contribution in [2.24, 2.45) is 0 Å². The minimum absolute atomic E-state index is 0.0248. The molecule has 0 rings (SSSR count). The summed E-state index contributed by atoms with van der Waals surface area (Å²) in [4.78, 5) is 38.0. The predicted octanol–water partition coefficient (Wildman–Crippen LogP) is 21.9. The van der Waals surface area contributed by atoms with Crippen LogP contribution in [0.2, 0.25) is 0 Å². The molecule has 0 aliphatic heterocycles. The summed E-state index contributed by atoms with van der Waals surface area (Å²) in [5.41, 5.74) is 0. The molecule has 0 bridgehead atoms. The Morgan fingerprint density at radius 2 is 0.570 bits per heavy atom. The number of hydrogen-bond acceptors (Lipinski definition) is 8. The molecule has 9 nitrogen and oxygen atoms in total. The molecular formula is C69H138NO8P. The molecule has 472 valence electrons. The van der Waals surface area contributed by atoms with Gasteiger partial charge in [-0.1, -0.05) is 354 Å². The van der Waals surface area contributed by atoms with Gasteiger partial charge in [0.15, 0.2) is 6.10 Å². The Kier molecular flexibility index (Phi) is 60.8. The number of unbranched alkanes of at least 4 members (excludes halogenated alkanes) is 53. The number of hydrogen-bond donors (Lipinski definition) is 0. The molecule has 0 saturated heterocycles. The van der Waals surface area contributed by atoms with Gasteiger partial charge >= 0.3 is 11.9 Å².